The van der Waals surface area contributed by atoms with Crippen LogP contribution < -0.4 is 9.80 Å². The van der Waals surface area contributed by atoms with Crippen molar-refractivity contribution in [3.63, 3.8) is 0 Å². The highest BCUT2D eigenvalue weighted by Crippen LogP contribution is 2.64. The van der Waals surface area contributed by atoms with E-state index in [0.29, 0.717) is 0 Å². The van der Waals surface area contributed by atoms with E-state index in [4.69, 9.17) is 0 Å². The van der Waals surface area contributed by atoms with Crippen molar-refractivity contribution >= 4 is 65.6 Å². The van der Waals surface area contributed by atoms with Crippen LogP contribution in [0.1, 0.15) is 22.3 Å². The molecule has 0 radical (unpaired) electrons. The summed E-state index contributed by atoms with van der Waals surface area (Å²) in [6, 6.07) is 98.7. The third-order valence-electron chi connectivity index (χ3n) is 14.7. The number of thiophene rings is 1. The number of benzene rings is 11. The van der Waals surface area contributed by atoms with E-state index in [1.165, 1.54) is 87.2 Å². The lowest BCUT2D eigenvalue weighted by molar-refractivity contribution is 0.752. The van der Waals surface area contributed by atoms with Crippen LogP contribution in [-0.2, 0) is 5.41 Å². The summed E-state index contributed by atoms with van der Waals surface area (Å²) in [7, 11) is 0. The molecule has 1 aliphatic heterocycles. The highest BCUT2D eigenvalue weighted by molar-refractivity contribution is 7.26. The Balaban J connectivity index is 0.998. The summed E-state index contributed by atoms with van der Waals surface area (Å²) in [6.07, 6.45) is 0. The minimum absolute atomic E-state index is 0.595. The number of hydrogen-bond donors (Lipinski definition) is 0. The Bertz CT molecular complexity index is 3920. The largest absolute Gasteiger partial charge is 0.310 e. The molecule has 0 amide bonds. The lowest BCUT2D eigenvalue weighted by Gasteiger charge is -2.45. The molecule has 0 N–H and O–H groups in total. The van der Waals surface area contributed by atoms with Gasteiger partial charge in [-0.15, -0.1) is 11.3 Å². The van der Waals surface area contributed by atoms with E-state index >= 15 is 0 Å². The number of para-hydroxylation sites is 4. The van der Waals surface area contributed by atoms with Crippen LogP contribution in [0.3, 0.4) is 0 Å². The molecule has 2 aliphatic rings. The zero-order valence-electron chi connectivity index (χ0n) is 38.2. The second kappa shape index (κ2) is 16.2. The van der Waals surface area contributed by atoms with Gasteiger partial charge in [0, 0.05) is 42.8 Å². The van der Waals surface area contributed by atoms with Gasteiger partial charge in [0.2, 0.25) is 0 Å². The van der Waals surface area contributed by atoms with Crippen molar-refractivity contribution in [2.45, 2.75) is 5.41 Å². The standard InChI is InChI=1S/C67H44N2S/c1-3-19-45(20-4-1)47-21-17-22-48(43-47)52-25-8-13-33-62(52)68(50-39-37-46(38-40-50)53-28-18-29-57-56-27-9-16-36-65(56)70-66(53)57)51-41-42-55-54-26-7-10-30-58(54)67(61(55)44-51)59-31-11-14-34-63(59)69(49-23-5-2-6-24-49)64-35-15-12-32-60(64)67/h1-44H. The summed E-state index contributed by atoms with van der Waals surface area (Å²) in [5, 5.41) is 2.62. The van der Waals surface area contributed by atoms with Gasteiger partial charge in [-0.05, 0) is 128 Å². The quantitative estimate of drug-likeness (QED) is 0.157. The minimum Gasteiger partial charge on any atom is -0.310 e. The first-order chi connectivity index (χ1) is 34.7. The predicted molar refractivity (Wildman–Crippen MR) is 296 cm³/mol. The average Bonchev–Trinajstić information content (AvgIpc) is 3.96. The van der Waals surface area contributed by atoms with E-state index in [-0.39, 0.29) is 0 Å². The first-order valence-corrected chi connectivity index (χ1v) is 24.9. The van der Waals surface area contributed by atoms with Gasteiger partial charge >= 0.3 is 0 Å². The molecule has 2 heterocycles. The highest BCUT2D eigenvalue weighted by atomic mass is 32.1. The molecule has 328 valence electrons. The Morgan fingerprint density at radius 2 is 0.886 bits per heavy atom. The van der Waals surface area contributed by atoms with E-state index < -0.39 is 5.41 Å². The highest BCUT2D eigenvalue weighted by Gasteiger charge is 2.51. The fourth-order valence-electron chi connectivity index (χ4n) is 11.7. The Kier molecular flexibility index (Phi) is 9.33. The second-order valence-corrected chi connectivity index (χ2v) is 19.4. The van der Waals surface area contributed by atoms with Gasteiger partial charge in [-0.25, -0.2) is 0 Å². The molecular weight excluding hydrogens is 865 g/mol. The summed E-state index contributed by atoms with van der Waals surface area (Å²) >= 11 is 1.88. The lowest BCUT2D eigenvalue weighted by Crippen LogP contribution is -2.36. The van der Waals surface area contributed by atoms with Crippen LogP contribution in [0.4, 0.5) is 34.1 Å². The first kappa shape index (κ1) is 40.3. The molecule has 1 spiro atoms. The zero-order chi connectivity index (χ0) is 46.2. The van der Waals surface area contributed by atoms with Crippen LogP contribution in [0.15, 0.2) is 267 Å². The van der Waals surface area contributed by atoms with Gasteiger partial charge in [-0.3, -0.25) is 0 Å². The van der Waals surface area contributed by atoms with Gasteiger partial charge in [0.05, 0.1) is 22.5 Å². The number of fused-ring (bicyclic) bond motifs is 12. The Hall–Kier alpha value is -8.76. The molecular formula is C67H44N2S. The summed E-state index contributed by atoms with van der Waals surface area (Å²) < 4.78 is 2.63. The Labute approximate surface area is 412 Å². The maximum absolute atomic E-state index is 2.50. The normalized spacial score (nSPS) is 12.9. The van der Waals surface area contributed by atoms with E-state index in [1.54, 1.807) is 0 Å². The molecule has 0 atom stereocenters. The topological polar surface area (TPSA) is 6.48 Å². The van der Waals surface area contributed by atoms with E-state index in [2.05, 4.69) is 277 Å². The zero-order valence-corrected chi connectivity index (χ0v) is 39.0. The average molecular weight is 909 g/mol. The van der Waals surface area contributed by atoms with Crippen molar-refractivity contribution in [1.82, 2.24) is 0 Å². The molecule has 1 aliphatic carbocycles. The van der Waals surface area contributed by atoms with Crippen LogP contribution in [-0.4, -0.2) is 0 Å². The third-order valence-corrected chi connectivity index (χ3v) is 15.9. The molecule has 0 unspecified atom stereocenters. The fraction of sp³-hybridized carbons (Fsp3) is 0.0149. The smallest absolute Gasteiger partial charge is 0.0755 e. The lowest BCUT2D eigenvalue weighted by atomic mass is 9.64. The Morgan fingerprint density at radius 3 is 1.67 bits per heavy atom. The molecule has 70 heavy (non-hydrogen) atoms. The molecule has 2 nitrogen and oxygen atoms in total. The third kappa shape index (κ3) is 6.12. The van der Waals surface area contributed by atoms with Gasteiger partial charge in [0.25, 0.3) is 0 Å². The van der Waals surface area contributed by atoms with Crippen molar-refractivity contribution in [1.29, 1.82) is 0 Å². The fourth-order valence-corrected chi connectivity index (χ4v) is 12.9. The Morgan fingerprint density at radius 1 is 0.329 bits per heavy atom. The maximum atomic E-state index is 2.50. The van der Waals surface area contributed by atoms with Crippen LogP contribution in [0.2, 0.25) is 0 Å². The van der Waals surface area contributed by atoms with E-state index in [1.807, 2.05) is 11.3 Å². The predicted octanol–water partition coefficient (Wildman–Crippen LogP) is 18.7. The number of anilines is 6. The molecule has 11 aromatic carbocycles. The van der Waals surface area contributed by atoms with Crippen LogP contribution in [0, 0.1) is 0 Å². The summed E-state index contributed by atoms with van der Waals surface area (Å²) in [5.41, 5.74) is 21.0. The van der Waals surface area contributed by atoms with Gasteiger partial charge in [-0.2, -0.15) is 0 Å². The van der Waals surface area contributed by atoms with E-state index in [0.717, 1.165) is 33.9 Å². The number of rotatable bonds is 7. The van der Waals surface area contributed by atoms with Crippen molar-refractivity contribution in [3.05, 3.63) is 289 Å². The van der Waals surface area contributed by atoms with Gasteiger partial charge in [0.15, 0.2) is 0 Å². The van der Waals surface area contributed by atoms with E-state index in [9.17, 15) is 0 Å². The van der Waals surface area contributed by atoms with Crippen molar-refractivity contribution in [2.24, 2.45) is 0 Å². The van der Waals surface area contributed by atoms with Gasteiger partial charge < -0.3 is 9.80 Å². The van der Waals surface area contributed by atoms with Gasteiger partial charge in [0.1, 0.15) is 0 Å². The summed E-state index contributed by atoms with van der Waals surface area (Å²) in [5.74, 6) is 0. The van der Waals surface area contributed by atoms with Crippen molar-refractivity contribution < 1.29 is 0 Å². The molecule has 1 aromatic heterocycles. The monoisotopic (exact) mass is 908 g/mol. The SMILES string of the molecule is c1ccc(-c2cccc(-c3ccccc3N(c3ccc(-c4cccc5c4sc4ccccc45)cc3)c3ccc4c(c3)C3(c5ccccc5-4)c4ccccc4N(c4ccccc4)c4ccccc43)c2)cc1. The molecule has 12 aromatic rings. The molecule has 0 bridgehead atoms. The van der Waals surface area contributed by atoms with Crippen molar-refractivity contribution in [2.75, 3.05) is 9.80 Å². The molecule has 0 saturated heterocycles. The maximum Gasteiger partial charge on any atom is 0.0755 e. The van der Waals surface area contributed by atoms with Crippen LogP contribution in [0.25, 0.3) is 64.7 Å². The first-order valence-electron chi connectivity index (χ1n) is 24.1. The van der Waals surface area contributed by atoms with Crippen LogP contribution in [0.5, 0.6) is 0 Å². The molecule has 14 rings (SSSR count). The molecule has 0 fully saturated rings. The van der Waals surface area contributed by atoms with Gasteiger partial charge in [-0.1, -0.05) is 200 Å². The minimum atomic E-state index is -0.595. The molecule has 0 saturated carbocycles. The summed E-state index contributed by atoms with van der Waals surface area (Å²) in [6.45, 7) is 0. The van der Waals surface area contributed by atoms with Crippen molar-refractivity contribution in [3.8, 4) is 44.5 Å². The second-order valence-electron chi connectivity index (χ2n) is 18.4. The number of hydrogen-bond acceptors (Lipinski definition) is 3. The molecule has 3 heteroatoms. The summed E-state index contributed by atoms with van der Waals surface area (Å²) in [4.78, 5) is 4.94. The van der Waals surface area contributed by atoms with Crippen LogP contribution >= 0.6 is 11.3 Å². The number of nitrogens with zero attached hydrogens (tertiary/aromatic N) is 2.